The van der Waals surface area contributed by atoms with Crippen molar-refractivity contribution in [3.63, 3.8) is 0 Å². The fraction of sp³-hybridized carbons (Fsp3) is 0.846. The van der Waals surface area contributed by atoms with E-state index in [4.69, 9.17) is 9.26 Å². The zero-order valence-electron chi connectivity index (χ0n) is 11.9. The van der Waals surface area contributed by atoms with Crippen LogP contribution in [0.3, 0.4) is 0 Å². The molecule has 5 heteroatoms. The predicted octanol–water partition coefficient (Wildman–Crippen LogP) is 1.97. The third-order valence-corrected chi connectivity index (χ3v) is 2.92. The van der Waals surface area contributed by atoms with Crippen LogP contribution in [0.4, 0.5) is 0 Å². The van der Waals surface area contributed by atoms with Crippen LogP contribution < -0.4 is 5.32 Å². The highest BCUT2D eigenvalue weighted by atomic mass is 16.5. The lowest BCUT2D eigenvalue weighted by Gasteiger charge is -2.10. The van der Waals surface area contributed by atoms with E-state index in [1.165, 1.54) is 0 Å². The molecule has 5 nitrogen and oxygen atoms in total. The van der Waals surface area contributed by atoms with Gasteiger partial charge in [-0.15, -0.1) is 0 Å². The third kappa shape index (κ3) is 5.60. The molecule has 2 unspecified atom stereocenters. The second-order valence-electron chi connectivity index (χ2n) is 4.75. The third-order valence-electron chi connectivity index (χ3n) is 2.92. The van der Waals surface area contributed by atoms with Crippen LogP contribution in [0.25, 0.3) is 0 Å². The fourth-order valence-corrected chi connectivity index (χ4v) is 1.65. The standard InChI is InChI=1S/C13H25N3O2/c1-5-8-14-10(2)6-7-13-15-12(16-18-13)9-11(3)17-4/h10-11,14H,5-9H2,1-4H3. The molecule has 104 valence electrons. The molecule has 0 bridgehead atoms. The monoisotopic (exact) mass is 255 g/mol. The SMILES string of the molecule is CCCNC(C)CCc1nc(CC(C)OC)no1. The Morgan fingerprint density at radius 2 is 2.17 bits per heavy atom. The highest BCUT2D eigenvalue weighted by molar-refractivity contribution is 4.88. The molecule has 1 N–H and O–H groups in total. The summed E-state index contributed by atoms with van der Waals surface area (Å²) in [6.07, 6.45) is 3.82. The van der Waals surface area contributed by atoms with Crippen molar-refractivity contribution < 1.29 is 9.26 Å². The van der Waals surface area contributed by atoms with Gasteiger partial charge in [-0.2, -0.15) is 4.98 Å². The van der Waals surface area contributed by atoms with E-state index in [1.54, 1.807) is 7.11 Å². The summed E-state index contributed by atoms with van der Waals surface area (Å²) in [5.41, 5.74) is 0. The van der Waals surface area contributed by atoms with E-state index in [1.807, 2.05) is 6.92 Å². The van der Waals surface area contributed by atoms with Gasteiger partial charge in [-0.05, 0) is 33.2 Å². The molecule has 0 aliphatic carbocycles. The van der Waals surface area contributed by atoms with Crippen LogP contribution in [0.5, 0.6) is 0 Å². The van der Waals surface area contributed by atoms with E-state index in [2.05, 4.69) is 29.3 Å². The first-order valence-corrected chi connectivity index (χ1v) is 6.73. The van der Waals surface area contributed by atoms with Crippen LogP contribution in [0.15, 0.2) is 4.52 Å². The molecule has 2 atom stereocenters. The van der Waals surface area contributed by atoms with Gasteiger partial charge in [-0.3, -0.25) is 0 Å². The summed E-state index contributed by atoms with van der Waals surface area (Å²) in [7, 11) is 1.69. The van der Waals surface area contributed by atoms with Gasteiger partial charge in [-0.1, -0.05) is 12.1 Å². The minimum absolute atomic E-state index is 0.126. The second kappa shape index (κ2) is 8.21. The maximum atomic E-state index is 5.22. The number of aryl methyl sites for hydroxylation is 1. The molecule has 1 aromatic rings. The quantitative estimate of drug-likeness (QED) is 0.731. The van der Waals surface area contributed by atoms with Crippen molar-refractivity contribution in [1.82, 2.24) is 15.5 Å². The molecule has 0 fully saturated rings. The highest BCUT2D eigenvalue weighted by Crippen LogP contribution is 2.06. The van der Waals surface area contributed by atoms with Gasteiger partial charge < -0.3 is 14.6 Å². The normalized spacial score (nSPS) is 14.7. The number of ether oxygens (including phenoxy) is 1. The first-order valence-electron chi connectivity index (χ1n) is 6.73. The summed E-state index contributed by atoms with van der Waals surface area (Å²) >= 11 is 0. The van der Waals surface area contributed by atoms with E-state index < -0.39 is 0 Å². The Kier molecular flexibility index (Phi) is 6.90. The Hall–Kier alpha value is -0.940. The van der Waals surface area contributed by atoms with Gasteiger partial charge in [0.2, 0.25) is 5.89 Å². The van der Waals surface area contributed by atoms with Gasteiger partial charge in [0.25, 0.3) is 0 Å². The van der Waals surface area contributed by atoms with Crippen molar-refractivity contribution in [1.29, 1.82) is 0 Å². The van der Waals surface area contributed by atoms with E-state index >= 15 is 0 Å². The molecule has 0 aromatic carbocycles. The molecule has 0 aliphatic rings. The van der Waals surface area contributed by atoms with Crippen molar-refractivity contribution in [3.05, 3.63) is 11.7 Å². The average molecular weight is 255 g/mol. The maximum Gasteiger partial charge on any atom is 0.226 e. The Balaban J connectivity index is 2.30. The molecule has 0 amide bonds. The van der Waals surface area contributed by atoms with E-state index in [9.17, 15) is 0 Å². The van der Waals surface area contributed by atoms with Gasteiger partial charge in [0.1, 0.15) is 0 Å². The number of hydrogen-bond donors (Lipinski definition) is 1. The fourth-order valence-electron chi connectivity index (χ4n) is 1.65. The molecule has 0 saturated heterocycles. The summed E-state index contributed by atoms with van der Waals surface area (Å²) in [5, 5.41) is 7.40. The van der Waals surface area contributed by atoms with Crippen LogP contribution in [-0.2, 0) is 17.6 Å². The van der Waals surface area contributed by atoms with Gasteiger partial charge in [0, 0.05) is 26.0 Å². The smallest absolute Gasteiger partial charge is 0.226 e. The summed E-state index contributed by atoms with van der Waals surface area (Å²) in [5.74, 6) is 1.45. The summed E-state index contributed by atoms with van der Waals surface area (Å²) in [4.78, 5) is 4.36. The number of nitrogens with one attached hydrogen (secondary N) is 1. The zero-order valence-corrected chi connectivity index (χ0v) is 11.9. The lowest BCUT2D eigenvalue weighted by Crippen LogP contribution is -2.27. The zero-order chi connectivity index (χ0) is 13.4. The molecule has 0 radical (unpaired) electrons. The van der Waals surface area contributed by atoms with Crippen molar-refractivity contribution in [2.75, 3.05) is 13.7 Å². The van der Waals surface area contributed by atoms with E-state index in [0.717, 1.165) is 37.5 Å². The average Bonchev–Trinajstić information content (AvgIpc) is 2.81. The Morgan fingerprint density at radius 1 is 1.39 bits per heavy atom. The molecule has 0 spiro atoms. The summed E-state index contributed by atoms with van der Waals surface area (Å²) in [6, 6.07) is 0.484. The minimum atomic E-state index is 0.126. The van der Waals surface area contributed by atoms with Crippen LogP contribution in [0.2, 0.25) is 0 Å². The topological polar surface area (TPSA) is 60.2 Å². The van der Waals surface area contributed by atoms with E-state index in [-0.39, 0.29) is 6.10 Å². The Bertz CT molecular complexity index is 328. The first-order chi connectivity index (χ1) is 8.65. The Labute approximate surface area is 109 Å². The lowest BCUT2D eigenvalue weighted by atomic mass is 10.2. The van der Waals surface area contributed by atoms with Crippen molar-refractivity contribution in [3.8, 4) is 0 Å². The molecule has 0 aliphatic heterocycles. The first kappa shape index (κ1) is 15.1. The van der Waals surface area contributed by atoms with Crippen LogP contribution in [0, 0.1) is 0 Å². The van der Waals surface area contributed by atoms with Crippen molar-refractivity contribution in [2.45, 2.75) is 58.6 Å². The molecule has 1 heterocycles. The summed E-state index contributed by atoms with van der Waals surface area (Å²) < 4.78 is 10.4. The number of methoxy groups -OCH3 is 1. The Morgan fingerprint density at radius 3 is 2.83 bits per heavy atom. The van der Waals surface area contributed by atoms with Gasteiger partial charge in [0.15, 0.2) is 5.82 Å². The number of hydrogen-bond acceptors (Lipinski definition) is 5. The highest BCUT2D eigenvalue weighted by Gasteiger charge is 2.11. The number of aromatic nitrogens is 2. The van der Waals surface area contributed by atoms with Gasteiger partial charge >= 0.3 is 0 Å². The van der Waals surface area contributed by atoms with E-state index in [0.29, 0.717) is 12.5 Å². The molecule has 18 heavy (non-hydrogen) atoms. The molecular weight excluding hydrogens is 230 g/mol. The molecule has 1 rings (SSSR count). The predicted molar refractivity (Wildman–Crippen MR) is 70.5 cm³/mol. The number of nitrogens with zero attached hydrogens (tertiary/aromatic N) is 2. The summed E-state index contributed by atoms with van der Waals surface area (Å²) in [6.45, 7) is 7.40. The number of rotatable bonds is 9. The van der Waals surface area contributed by atoms with Gasteiger partial charge in [-0.25, -0.2) is 0 Å². The largest absolute Gasteiger partial charge is 0.381 e. The van der Waals surface area contributed by atoms with Gasteiger partial charge in [0.05, 0.1) is 6.10 Å². The van der Waals surface area contributed by atoms with Crippen molar-refractivity contribution >= 4 is 0 Å². The van der Waals surface area contributed by atoms with Crippen molar-refractivity contribution in [2.24, 2.45) is 0 Å². The second-order valence-corrected chi connectivity index (χ2v) is 4.75. The molecule has 1 aromatic heterocycles. The molecule has 0 saturated carbocycles. The van der Waals surface area contributed by atoms with Crippen LogP contribution >= 0.6 is 0 Å². The molecular formula is C13H25N3O2. The lowest BCUT2D eigenvalue weighted by molar-refractivity contribution is 0.116. The van der Waals surface area contributed by atoms with Crippen LogP contribution in [0.1, 0.15) is 45.3 Å². The van der Waals surface area contributed by atoms with Crippen LogP contribution in [-0.4, -0.2) is 35.9 Å². The minimum Gasteiger partial charge on any atom is -0.381 e. The maximum absolute atomic E-state index is 5.22.